The van der Waals surface area contributed by atoms with Crippen LogP contribution in [-0.4, -0.2) is 94.7 Å². The first kappa shape index (κ1) is 33.9. The number of piperazine rings is 1. The van der Waals surface area contributed by atoms with Gasteiger partial charge in [0.05, 0.1) is 6.61 Å². The van der Waals surface area contributed by atoms with Crippen molar-refractivity contribution in [3.05, 3.63) is 65.7 Å². The number of phenolic OH excluding ortho intramolecular Hbond substituents is 1. The number of phenols is 1. The lowest BCUT2D eigenvalue weighted by Crippen LogP contribution is -2.63. The fourth-order valence-corrected chi connectivity index (χ4v) is 4.81. The molecule has 3 rings (SSSR count). The summed E-state index contributed by atoms with van der Waals surface area (Å²) in [5.74, 6) is -1.98. The Balaban J connectivity index is 1.78. The lowest BCUT2D eigenvalue weighted by molar-refractivity contribution is -0.157. The average molecular weight is 611 g/mol. The van der Waals surface area contributed by atoms with Gasteiger partial charge in [-0.2, -0.15) is 0 Å². The molecule has 0 aromatic heterocycles. The third-order valence-corrected chi connectivity index (χ3v) is 6.88. The van der Waals surface area contributed by atoms with E-state index in [0.717, 1.165) is 5.56 Å². The fraction of sp³-hybridized carbons (Fsp3) is 0.469. The highest BCUT2D eigenvalue weighted by Gasteiger charge is 2.40. The molecule has 0 unspecified atom stereocenters. The summed E-state index contributed by atoms with van der Waals surface area (Å²) in [6, 6.07) is 12.3. The maximum atomic E-state index is 13.7. The summed E-state index contributed by atoms with van der Waals surface area (Å²) in [5.41, 5.74) is 0.681. The summed E-state index contributed by atoms with van der Waals surface area (Å²) in [4.78, 5) is 68.3. The van der Waals surface area contributed by atoms with E-state index in [-0.39, 0.29) is 44.8 Å². The van der Waals surface area contributed by atoms with Crippen molar-refractivity contribution in [2.75, 3.05) is 26.2 Å². The molecule has 0 radical (unpaired) electrons. The van der Waals surface area contributed by atoms with Crippen LogP contribution in [0.2, 0.25) is 0 Å². The number of hydrogen-bond acceptors (Lipinski definition) is 8. The zero-order chi connectivity index (χ0) is 32.4. The molecule has 0 bridgehead atoms. The Hall–Kier alpha value is -4.61. The summed E-state index contributed by atoms with van der Waals surface area (Å²) in [6.45, 7) is 8.52. The normalized spacial score (nSPS) is 16.5. The van der Waals surface area contributed by atoms with Crippen molar-refractivity contribution >= 4 is 29.8 Å². The molecule has 0 spiro atoms. The van der Waals surface area contributed by atoms with Gasteiger partial charge in [-0.25, -0.2) is 4.79 Å². The van der Waals surface area contributed by atoms with Crippen LogP contribution in [0.15, 0.2) is 54.6 Å². The second kappa shape index (κ2) is 15.2. The van der Waals surface area contributed by atoms with E-state index in [0.29, 0.717) is 5.56 Å². The van der Waals surface area contributed by atoms with Crippen molar-refractivity contribution in [1.82, 2.24) is 20.4 Å². The van der Waals surface area contributed by atoms with Gasteiger partial charge in [-0.1, -0.05) is 42.5 Å². The minimum atomic E-state index is -1.10. The Kier molecular flexibility index (Phi) is 11.7. The molecule has 2 aromatic rings. The van der Waals surface area contributed by atoms with Crippen LogP contribution in [0.4, 0.5) is 4.79 Å². The summed E-state index contributed by atoms with van der Waals surface area (Å²) in [7, 11) is 0. The van der Waals surface area contributed by atoms with Gasteiger partial charge >= 0.3 is 12.1 Å². The number of aromatic hydroxyl groups is 1. The Morgan fingerprint density at radius 1 is 0.977 bits per heavy atom. The molecule has 12 heteroatoms. The lowest BCUT2D eigenvalue weighted by atomic mass is 10.00. The summed E-state index contributed by atoms with van der Waals surface area (Å²) in [5, 5.41) is 14.9. The van der Waals surface area contributed by atoms with Crippen LogP contribution in [0.5, 0.6) is 5.75 Å². The number of amides is 4. The lowest BCUT2D eigenvalue weighted by Gasteiger charge is -2.41. The molecule has 2 aromatic carbocycles. The van der Waals surface area contributed by atoms with Crippen molar-refractivity contribution in [2.24, 2.45) is 0 Å². The third-order valence-electron chi connectivity index (χ3n) is 6.88. The van der Waals surface area contributed by atoms with Gasteiger partial charge in [0.2, 0.25) is 17.7 Å². The monoisotopic (exact) mass is 610 g/mol. The predicted molar refractivity (Wildman–Crippen MR) is 161 cm³/mol. The van der Waals surface area contributed by atoms with E-state index in [1.54, 1.807) is 39.8 Å². The van der Waals surface area contributed by atoms with E-state index in [4.69, 9.17) is 9.47 Å². The highest BCUT2D eigenvalue weighted by Crippen LogP contribution is 2.19. The van der Waals surface area contributed by atoms with Gasteiger partial charge in [-0.15, -0.1) is 0 Å². The van der Waals surface area contributed by atoms with Gasteiger partial charge in [-0.3, -0.25) is 19.2 Å². The Morgan fingerprint density at radius 2 is 1.64 bits per heavy atom. The number of hydrogen-bond donors (Lipinski definition) is 3. The third kappa shape index (κ3) is 9.99. The molecular weight excluding hydrogens is 568 g/mol. The van der Waals surface area contributed by atoms with E-state index in [1.807, 2.05) is 30.3 Å². The molecule has 1 fully saturated rings. The molecule has 12 nitrogen and oxygen atoms in total. The zero-order valence-electron chi connectivity index (χ0n) is 25.9. The highest BCUT2D eigenvalue weighted by molar-refractivity contribution is 5.95. The van der Waals surface area contributed by atoms with E-state index in [9.17, 15) is 29.1 Å². The quantitative estimate of drug-likeness (QED) is 0.327. The fourth-order valence-electron chi connectivity index (χ4n) is 4.81. The number of nitrogens with one attached hydrogen (secondary N) is 2. The molecule has 238 valence electrons. The van der Waals surface area contributed by atoms with Crippen LogP contribution in [0, 0.1) is 0 Å². The molecule has 1 heterocycles. The second-order valence-electron chi connectivity index (χ2n) is 11.6. The molecule has 1 aliphatic heterocycles. The van der Waals surface area contributed by atoms with Crippen molar-refractivity contribution in [1.29, 1.82) is 0 Å². The van der Waals surface area contributed by atoms with Crippen LogP contribution in [0.25, 0.3) is 0 Å². The number of carbonyl (C=O) groups excluding carboxylic acids is 5. The first-order valence-electron chi connectivity index (χ1n) is 14.6. The minimum Gasteiger partial charge on any atom is -0.508 e. The van der Waals surface area contributed by atoms with Gasteiger partial charge in [0, 0.05) is 25.9 Å². The standard InChI is InChI=1S/C32H42N4O8/c1-6-43-27(38)20-35-16-17-36(26(30(35)41)19-22-10-8-7-9-11-22)29(40)21(2)33-28(39)25(34-31(42)44-32(3,4)5)18-23-12-14-24(37)15-13-23/h7-15,21,25-26,37H,6,16-20H2,1-5H3,(H,33,39)(H,34,42)/t21-,25+,26+/m1/s1. The molecule has 3 atom stereocenters. The van der Waals surface area contributed by atoms with Crippen molar-refractivity contribution in [2.45, 2.75) is 71.2 Å². The van der Waals surface area contributed by atoms with Gasteiger partial charge in [0.25, 0.3) is 0 Å². The van der Waals surface area contributed by atoms with Crippen LogP contribution < -0.4 is 10.6 Å². The van der Waals surface area contributed by atoms with Crippen LogP contribution in [-0.2, 0) is 41.5 Å². The Bertz CT molecular complexity index is 1310. The highest BCUT2D eigenvalue weighted by atomic mass is 16.6. The van der Waals surface area contributed by atoms with E-state index < -0.39 is 53.5 Å². The summed E-state index contributed by atoms with van der Waals surface area (Å²) in [6.07, 6.45) is -0.523. The minimum absolute atomic E-state index is 0.0519. The Labute approximate surface area is 257 Å². The average Bonchev–Trinajstić information content (AvgIpc) is 2.95. The van der Waals surface area contributed by atoms with Gasteiger partial charge in [0.1, 0.15) is 36.0 Å². The van der Waals surface area contributed by atoms with Crippen molar-refractivity contribution in [3.8, 4) is 5.75 Å². The molecule has 0 aliphatic carbocycles. The topological polar surface area (TPSA) is 155 Å². The molecular formula is C32H42N4O8. The number of ether oxygens (including phenoxy) is 2. The number of nitrogens with zero attached hydrogens (tertiary/aromatic N) is 2. The molecule has 44 heavy (non-hydrogen) atoms. The smallest absolute Gasteiger partial charge is 0.408 e. The molecule has 0 saturated carbocycles. The van der Waals surface area contributed by atoms with Crippen molar-refractivity contribution in [3.63, 3.8) is 0 Å². The van der Waals surface area contributed by atoms with Crippen LogP contribution in [0.1, 0.15) is 45.7 Å². The number of esters is 1. The maximum Gasteiger partial charge on any atom is 0.408 e. The zero-order valence-corrected chi connectivity index (χ0v) is 25.9. The van der Waals surface area contributed by atoms with E-state index in [2.05, 4.69) is 10.6 Å². The number of benzene rings is 2. The van der Waals surface area contributed by atoms with Crippen molar-refractivity contribution < 1.29 is 38.6 Å². The first-order valence-corrected chi connectivity index (χ1v) is 14.6. The van der Waals surface area contributed by atoms with Crippen LogP contribution in [0.3, 0.4) is 0 Å². The molecule has 4 amide bonds. The number of alkyl carbamates (subject to hydrolysis) is 1. The number of rotatable bonds is 11. The maximum absolute atomic E-state index is 13.7. The second-order valence-corrected chi connectivity index (χ2v) is 11.6. The summed E-state index contributed by atoms with van der Waals surface area (Å²) >= 11 is 0. The first-order chi connectivity index (χ1) is 20.8. The molecule has 3 N–H and O–H groups in total. The van der Waals surface area contributed by atoms with E-state index >= 15 is 0 Å². The molecule has 1 aliphatic rings. The van der Waals surface area contributed by atoms with Gasteiger partial charge < -0.3 is 35.0 Å². The van der Waals surface area contributed by atoms with Gasteiger partial charge in [0.15, 0.2) is 0 Å². The van der Waals surface area contributed by atoms with E-state index in [1.165, 1.54) is 28.9 Å². The Morgan fingerprint density at radius 3 is 2.25 bits per heavy atom. The molecule has 1 saturated heterocycles. The predicted octanol–water partition coefficient (Wildman–Crippen LogP) is 2.18. The van der Waals surface area contributed by atoms with Gasteiger partial charge in [-0.05, 0) is 57.9 Å². The SMILES string of the molecule is CCOC(=O)CN1CCN(C(=O)[C@@H](C)NC(=O)[C@H](Cc2ccc(O)cc2)NC(=O)OC(C)(C)C)[C@@H](Cc2ccccc2)C1=O. The summed E-state index contributed by atoms with van der Waals surface area (Å²) < 4.78 is 10.4. The number of carbonyl (C=O) groups is 5. The largest absolute Gasteiger partial charge is 0.508 e. The van der Waals surface area contributed by atoms with Crippen LogP contribution >= 0.6 is 0 Å².